The Hall–Kier alpha value is -4.00. The molecule has 0 radical (unpaired) electrons. The normalized spacial score (nSPS) is 14.8. The van der Waals surface area contributed by atoms with Crippen LogP contribution in [0.2, 0.25) is 0 Å². The predicted octanol–water partition coefficient (Wildman–Crippen LogP) is 4.67. The number of hydrogen-bond donors (Lipinski definition) is 1. The molecule has 1 heterocycles. The van der Waals surface area contributed by atoms with Crippen LogP contribution in [0.4, 0.5) is 10.5 Å². The highest BCUT2D eigenvalue weighted by Crippen LogP contribution is 2.41. The first-order valence-electron chi connectivity index (χ1n) is 10.6. The summed E-state index contributed by atoms with van der Waals surface area (Å²) in [5.74, 6) is 0.759. The minimum atomic E-state index is -0.508. The lowest BCUT2D eigenvalue weighted by molar-refractivity contribution is 0.0602. The van der Waals surface area contributed by atoms with Crippen LogP contribution in [0.5, 0.6) is 11.5 Å². The molecule has 1 aliphatic rings. The van der Waals surface area contributed by atoms with Crippen LogP contribution in [0, 0.1) is 0 Å². The van der Waals surface area contributed by atoms with Gasteiger partial charge in [0.15, 0.2) is 11.5 Å². The molecule has 1 unspecified atom stereocenters. The maximum atomic E-state index is 13.5. The number of fused-ring (bicyclic) bond motifs is 1. The number of para-hydroxylation sites is 1. The molecule has 33 heavy (non-hydrogen) atoms. The summed E-state index contributed by atoms with van der Waals surface area (Å²) in [6.45, 7) is 0.494. The van der Waals surface area contributed by atoms with Gasteiger partial charge in [0.2, 0.25) is 0 Å². The van der Waals surface area contributed by atoms with Crippen LogP contribution in [0.25, 0.3) is 0 Å². The highest BCUT2D eigenvalue weighted by Gasteiger charge is 2.33. The number of esters is 1. The fourth-order valence-electron chi connectivity index (χ4n) is 4.23. The van der Waals surface area contributed by atoms with E-state index in [4.69, 9.17) is 14.2 Å². The lowest BCUT2D eigenvalue weighted by Crippen LogP contribution is -2.43. The van der Waals surface area contributed by atoms with Crippen molar-refractivity contribution < 1.29 is 23.8 Å². The van der Waals surface area contributed by atoms with E-state index < -0.39 is 5.97 Å². The SMILES string of the molecule is COC(=O)c1ccccc1NC(=O)N1CCc2cc(OC)c(OC)cc2C1c1ccccc1. The molecule has 1 N–H and O–H groups in total. The van der Waals surface area contributed by atoms with Crippen LogP contribution in [-0.4, -0.2) is 44.8 Å². The molecule has 0 bridgehead atoms. The molecule has 7 heteroatoms. The Bertz CT molecular complexity index is 1160. The van der Waals surface area contributed by atoms with E-state index in [2.05, 4.69) is 5.32 Å². The summed E-state index contributed by atoms with van der Waals surface area (Å²) >= 11 is 0. The van der Waals surface area contributed by atoms with E-state index in [-0.39, 0.29) is 12.1 Å². The molecule has 2 amide bonds. The molecule has 3 aromatic carbocycles. The third-order valence-corrected chi connectivity index (χ3v) is 5.82. The van der Waals surface area contributed by atoms with E-state index in [1.165, 1.54) is 7.11 Å². The van der Waals surface area contributed by atoms with Gasteiger partial charge in [0.05, 0.1) is 38.6 Å². The van der Waals surface area contributed by atoms with Gasteiger partial charge in [-0.25, -0.2) is 9.59 Å². The molecule has 0 spiro atoms. The Morgan fingerprint density at radius 2 is 1.58 bits per heavy atom. The lowest BCUT2D eigenvalue weighted by Gasteiger charge is -2.38. The summed E-state index contributed by atoms with van der Waals surface area (Å²) in [5, 5.41) is 2.91. The monoisotopic (exact) mass is 446 g/mol. The highest BCUT2D eigenvalue weighted by atomic mass is 16.5. The Kier molecular flexibility index (Phi) is 6.49. The molecule has 0 saturated carbocycles. The minimum absolute atomic E-state index is 0.299. The van der Waals surface area contributed by atoms with Gasteiger partial charge in [0.25, 0.3) is 0 Å². The van der Waals surface area contributed by atoms with Crippen molar-refractivity contribution in [1.82, 2.24) is 4.90 Å². The first kappa shape index (κ1) is 22.2. The summed E-state index contributed by atoms with van der Waals surface area (Å²) in [5.41, 5.74) is 3.75. The van der Waals surface area contributed by atoms with E-state index in [1.54, 1.807) is 43.4 Å². The minimum Gasteiger partial charge on any atom is -0.493 e. The third kappa shape index (κ3) is 4.35. The van der Waals surface area contributed by atoms with E-state index >= 15 is 0 Å². The van der Waals surface area contributed by atoms with Crippen LogP contribution >= 0.6 is 0 Å². The summed E-state index contributed by atoms with van der Waals surface area (Å²) in [7, 11) is 4.52. The number of hydrogen-bond acceptors (Lipinski definition) is 5. The number of methoxy groups -OCH3 is 3. The van der Waals surface area contributed by atoms with E-state index in [0.29, 0.717) is 35.7 Å². The highest BCUT2D eigenvalue weighted by molar-refractivity contribution is 6.01. The molecule has 170 valence electrons. The van der Waals surface area contributed by atoms with Gasteiger partial charge in [-0.15, -0.1) is 0 Å². The zero-order chi connectivity index (χ0) is 23.4. The Labute approximate surface area is 192 Å². The molecule has 3 aromatic rings. The van der Waals surface area contributed by atoms with Gasteiger partial charge < -0.3 is 24.4 Å². The second-order valence-electron chi connectivity index (χ2n) is 7.63. The number of nitrogens with one attached hydrogen (secondary N) is 1. The zero-order valence-corrected chi connectivity index (χ0v) is 18.8. The molecule has 7 nitrogen and oxygen atoms in total. The Morgan fingerprint density at radius 1 is 0.909 bits per heavy atom. The van der Waals surface area contributed by atoms with E-state index in [1.807, 2.05) is 42.5 Å². The molecule has 0 saturated heterocycles. The number of nitrogens with zero attached hydrogens (tertiary/aromatic N) is 1. The fourth-order valence-corrected chi connectivity index (χ4v) is 4.23. The fraction of sp³-hybridized carbons (Fsp3) is 0.231. The van der Waals surface area contributed by atoms with Crippen LogP contribution in [0.1, 0.15) is 33.1 Å². The van der Waals surface area contributed by atoms with Crippen LogP contribution in [0.15, 0.2) is 66.7 Å². The largest absolute Gasteiger partial charge is 0.493 e. The molecular formula is C26H26N2O5. The van der Waals surface area contributed by atoms with Gasteiger partial charge >= 0.3 is 12.0 Å². The van der Waals surface area contributed by atoms with E-state index in [9.17, 15) is 9.59 Å². The summed E-state index contributed by atoms with van der Waals surface area (Å²) in [6, 6.07) is 19.9. The first-order chi connectivity index (χ1) is 16.1. The lowest BCUT2D eigenvalue weighted by atomic mass is 9.88. The molecule has 0 aliphatic carbocycles. The average molecular weight is 447 g/mol. The summed E-state index contributed by atoms with van der Waals surface area (Å²) in [4.78, 5) is 27.4. The number of carbonyl (C=O) groups excluding carboxylic acids is 2. The predicted molar refractivity (Wildman–Crippen MR) is 125 cm³/mol. The van der Waals surface area contributed by atoms with Gasteiger partial charge in [-0.3, -0.25) is 0 Å². The van der Waals surface area contributed by atoms with Crippen molar-refractivity contribution in [1.29, 1.82) is 0 Å². The third-order valence-electron chi connectivity index (χ3n) is 5.82. The van der Waals surface area contributed by atoms with Crippen molar-refractivity contribution in [2.24, 2.45) is 0 Å². The number of urea groups is 1. The van der Waals surface area contributed by atoms with Crippen molar-refractivity contribution in [2.45, 2.75) is 12.5 Å². The summed E-state index contributed by atoms with van der Waals surface area (Å²) < 4.78 is 15.9. The number of amides is 2. The van der Waals surface area contributed by atoms with Gasteiger partial charge in [0.1, 0.15) is 0 Å². The van der Waals surface area contributed by atoms with Crippen molar-refractivity contribution >= 4 is 17.7 Å². The maximum absolute atomic E-state index is 13.5. The average Bonchev–Trinajstić information content (AvgIpc) is 2.87. The molecule has 0 aromatic heterocycles. The molecule has 0 fully saturated rings. The zero-order valence-electron chi connectivity index (χ0n) is 18.8. The second kappa shape index (κ2) is 9.65. The molecule has 1 aliphatic heterocycles. The van der Waals surface area contributed by atoms with Gasteiger partial charge in [-0.05, 0) is 47.4 Å². The van der Waals surface area contributed by atoms with Crippen molar-refractivity contribution in [2.75, 3.05) is 33.2 Å². The van der Waals surface area contributed by atoms with Crippen molar-refractivity contribution in [3.63, 3.8) is 0 Å². The van der Waals surface area contributed by atoms with Crippen LogP contribution in [-0.2, 0) is 11.2 Å². The molecule has 4 rings (SSSR count). The van der Waals surface area contributed by atoms with Gasteiger partial charge in [0, 0.05) is 6.54 Å². The summed E-state index contributed by atoms with van der Waals surface area (Å²) in [6.07, 6.45) is 0.658. The van der Waals surface area contributed by atoms with Crippen LogP contribution < -0.4 is 14.8 Å². The standard InChI is InChI=1S/C26H26N2O5/c1-31-22-15-18-13-14-28(26(30)27-21-12-8-7-11-19(21)25(29)33-3)24(17-9-5-4-6-10-17)20(18)16-23(22)32-2/h4-12,15-16,24H,13-14H2,1-3H3,(H,27,30). The topological polar surface area (TPSA) is 77.1 Å². The number of anilines is 1. The maximum Gasteiger partial charge on any atom is 0.339 e. The van der Waals surface area contributed by atoms with Crippen molar-refractivity contribution in [3.05, 3.63) is 89.0 Å². The first-order valence-corrected chi connectivity index (χ1v) is 10.6. The number of rotatable bonds is 5. The second-order valence-corrected chi connectivity index (χ2v) is 7.63. The quantitative estimate of drug-likeness (QED) is 0.577. The molecular weight excluding hydrogens is 420 g/mol. The number of carbonyl (C=O) groups is 2. The Morgan fingerprint density at radius 3 is 2.27 bits per heavy atom. The van der Waals surface area contributed by atoms with E-state index in [0.717, 1.165) is 16.7 Å². The number of ether oxygens (including phenoxy) is 3. The van der Waals surface area contributed by atoms with Crippen LogP contribution in [0.3, 0.4) is 0 Å². The van der Waals surface area contributed by atoms with Crippen molar-refractivity contribution in [3.8, 4) is 11.5 Å². The number of benzene rings is 3. The Balaban J connectivity index is 1.74. The molecule has 1 atom stereocenters. The van der Waals surface area contributed by atoms with Gasteiger partial charge in [-0.2, -0.15) is 0 Å². The smallest absolute Gasteiger partial charge is 0.339 e. The van der Waals surface area contributed by atoms with Gasteiger partial charge in [-0.1, -0.05) is 42.5 Å².